The largest absolute Gasteiger partial charge is 0.392 e. The van der Waals surface area contributed by atoms with Gasteiger partial charge in [0.25, 0.3) is 0 Å². The molecule has 0 aliphatic carbocycles. The molecule has 1 unspecified atom stereocenters. The third-order valence-corrected chi connectivity index (χ3v) is 4.35. The minimum absolute atomic E-state index is 0.345. The molecule has 1 heterocycles. The van der Waals surface area contributed by atoms with Crippen LogP contribution in [0.1, 0.15) is 23.9 Å². The maximum Gasteiger partial charge on any atom is 0.0689 e. The second kappa shape index (κ2) is 6.95. The zero-order chi connectivity index (χ0) is 14.5. The summed E-state index contributed by atoms with van der Waals surface area (Å²) in [7, 11) is 0. The Hall–Kier alpha value is -1.26. The molecular formula is C16H22N2OS. The van der Waals surface area contributed by atoms with E-state index in [0.717, 1.165) is 17.9 Å². The van der Waals surface area contributed by atoms with Crippen molar-refractivity contribution in [2.75, 3.05) is 5.75 Å². The van der Waals surface area contributed by atoms with Gasteiger partial charge in [-0.15, -0.1) is 11.8 Å². The van der Waals surface area contributed by atoms with Crippen molar-refractivity contribution >= 4 is 11.8 Å². The fourth-order valence-electron chi connectivity index (χ4n) is 2.16. The van der Waals surface area contributed by atoms with E-state index < -0.39 is 0 Å². The maximum absolute atomic E-state index is 10.2. The number of aliphatic hydroxyl groups is 1. The SMILES string of the molecule is CCn1nc(C)cc1CC(O)CSc1ccc(C)cc1. The summed E-state index contributed by atoms with van der Waals surface area (Å²) in [5.74, 6) is 0.705. The van der Waals surface area contributed by atoms with E-state index in [4.69, 9.17) is 0 Å². The lowest BCUT2D eigenvalue weighted by molar-refractivity contribution is 0.197. The van der Waals surface area contributed by atoms with Gasteiger partial charge in [-0.05, 0) is 39.0 Å². The van der Waals surface area contributed by atoms with Gasteiger partial charge in [-0.25, -0.2) is 0 Å². The first kappa shape index (κ1) is 15.1. The van der Waals surface area contributed by atoms with E-state index in [9.17, 15) is 5.11 Å². The van der Waals surface area contributed by atoms with Gasteiger partial charge in [0.2, 0.25) is 0 Å². The molecule has 1 N–H and O–H groups in total. The molecule has 108 valence electrons. The molecule has 0 radical (unpaired) electrons. The molecule has 4 heteroatoms. The average Bonchev–Trinajstić information content (AvgIpc) is 2.78. The molecular weight excluding hydrogens is 268 g/mol. The predicted octanol–water partition coefficient (Wildman–Crippen LogP) is 3.22. The van der Waals surface area contributed by atoms with E-state index in [1.807, 2.05) is 11.6 Å². The number of aliphatic hydroxyl groups excluding tert-OH is 1. The second-order valence-electron chi connectivity index (χ2n) is 5.07. The highest BCUT2D eigenvalue weighted by molar-refractivity contribution is 7.99. The Morgan fingerprint density at radius 2 is 1.95 bits per heavy atom. The fourth-order valence-corrected chi connectivity index (χ4v) is 3.00. The van der Waals surface area contributed by atoms with Crippen LogP contribution in [0.25, 0.3) is 0 Å². The topological polar surface area (TPSA) is 38.0 Å². The van der Waals surface area contributed by atoms with E-state index in [1.54, 1.807) is 11.8 Å². The first-order valence-corrected chi connectivity index (χ1v) is 7.98. The van der Waals surface area contributed by atoms with E-state index in [2.05, 4.69) is 49.3 Å². The predicted molar refractivity (Wildman–Crippen MR) is 84.3 cm³/mol. The number of aryl methyl sites for hydroxylation is 3. The minimum Gasteiger partial charge on any atom is -0.392 e. The lowest BCUT2D eigenvalue weighted by atomic mass is 10.2. The van der Waals surface area contributed by atoms with Crippen molar-refractivity contribution in [3.05, 3.63) is 47.3 Å². The monoisotopic (exact) mass is 290 g/mol. The Labute approximate surface area is 125 Å². The minimum atomic E-state index is -0.345. The zero-order valence-corrected chi connectivity index (χ0v) is 13.2. The molecule has 0 amide bonds. The van der Waals surface area contributed by atoms with Crippen LogP contribution in [0.2, 0.25) is 0 Å². The quantitative estimate of drug-likeness (QED) is 0.830. The Balaban J connectivity index is 1.88. The van der Waals surface area contributed by atoms with E-state index in [-0.39, 0.29) is 6.10 Å². The van der Waals surface area contributed by atoms with E-state index >= 15 is 0 Å². The van der Waals surface area contributed by atoms with Gasteiger partial charge in [0.15, 0.2) is 0 Å². The zero-order valence-electron chi connectivity index (χ0n) is 12.3. The molecule has 0 saturated heterocycles. The summed E-state index contributed by atoms with van der Waals surface area (Å²) in [4.78, 5) is 1.20. The number of hydrogen-bond donors (Lipinski definition) is 1. The molecule has 2 rings (SSSR count). The van der Waals surface area contributed by atoms with Crippen LogP contribution in [-0.4, -0.2) is 26.7 Å². The molecule has 2 aromatic rings. The van der Waals surface area contributed by atoms with Crippen LogP contribution in [-0.2, 0) is 13.0 Å². The summed E-state index contributed by atoms with van der Waals surface area (Å²) in [6, 6.07) is 10.5. The highest BCUT2D eigenvalue weighted by Gasteiger charge is 2.11. The Kier molecular flexibility index (Phi) is 5.26. The van der Waals surface area contributed by atoms with Crippen LogP contribution >= 0.6 is 11.8 Å². The highest BCUT2D eigenvalue weighted by Crippen LogP contribution is 2.20. The summed E-state index contributed by atoms with van der Waals surface area (Å²) >= 11 is 1.70. The number of benzene rings is 1. The van der Waals surface area contributed by atoms with Crippen LogP contribution < -0.4 is 0 Å². The van der Waals surface area contributed by atoms with Crippen LogP contribution in [0.5, 0.6) is 0 Å². The van der Waals surface area contributed by atoms with Crippen molar-refractivity contribution in [1.29, 1.82) is 0 Å². The van der Waals surface area contributed by atoms with Gasteiger partial charge in [-0.2, -0.15) is 5.10 Å². The molecule has 1 atom stereocenters. The number of aromatic nitrogens is 2. The normalized spacial score (nSPS) is 12.6. The number of nitrogens with zero attached hydrogens (tertiary/aromatic N) is 2. The van der Waals surface area contributed by atoms with Gasteiger partial charge < -0.3 is 5.11 Å². The molecule has 20 heavy (non-hydrogen) atoms. The van der Waals surface area contributed by atoms with Crippen LogP contribution in [0.15, 0.2) is 35.2 Å². The molecule has 0 fully saturated rings. The third kappa shape index (κ3) is 4.12. The Morgan fingerprint density at radius 1 is 1.25 bits per heavy atom. The average molecular weight is 290 g/mol. The smallest absolute Gasteiger partial charge is 0.0689 e. The summed E-state index contributed by atoms with van der Waals surface area (Å²) in [6.45, 7) is 6.99. The summed E-state index contributed by atoms with van der Waals surface area (Å²) in [6.07, 6.45) is 0.316. The van der Waals surface area contributed by atoms with Gasteiger partial charge in [-0.3, -0.25) is 4.68 Å². The molecule has 1 aromatic carbocycles. The maximum atomic E-state index is 10.2. The lowest BCUT2D eigenvalue weighted by Crippen LogP contribution is -2.16. The number of thioether (sulfide) groups is 1. The Bertz CT molecular complexity index is 548. The third-order valence-electron chi connectivity index (χ3n) is 3.19. The number of hydrogen-bond acceptors (Lipinski definition) is 3. The number of rotatable bonds is 6. The van der Waals surface area contributed by atoms with Crippen LogP contribution in [0, 0.1) is 13.8 Å². The molecule has 0 spiro atoms. The van der Waals surface area contributed by atoms with Crippen LogP contribution in [0.4, 0.5) is 0 Å². The van der Waals surface area contributed by atoms with Crippen molar-refractivity contribution in [1.82, 2.24) is 9.78 Å². The Morgan fingerprint density at radius 3 is 2.60 bits per heavy atom. The van der Waals surface area contributed by atoms with Crippen LogP contribution in [0.3, 0.4) is 0 Å². The summed E-state index contributed by atoms with van der Waals surface area (Å²) < 4.78 is 1.97. The van der Waals surface area contributed by atoms with Gasteiger partial charge in [0, 0.05) is 29.3 Å². The summed E-state index contributed by atoms with van der Waals surface area (Å²) in [5, 5.41) is 14.6. The van der Waals surface area contributed by atoms with Gasteiger partial charge in [-0.1, -0.05) is 17.7 Å². The lowest BCUT2D eigenvalue weighted by Gasteiger charge is -2.11. The highest BCUT2D eigenvalue weighted by atomic mass is 32.2. The van der Waals surface area contributed by atoms with Crippen molar-refractivity contribution in [2.45, 2.75) is 44.7 Å². The first-order valence-electron chi connectivity index (χ1n) is 6.99. The second-order valence-corrected chi connectivity index (χ2v) is 6.17. The van der Waals surface area contributed by atoms with E-state index in [0.29, 0.717) is 12.2 Å². The van der Waals surface area contributed by atoms with Crippen molar-refractivity contribution < 1.29 is 5.11 Å². The van der Waals surface area contributed by atoms with Crippen molar-refractivity contribution in [3.8, 4) is 0 Å². The molecule has 0 aliphatic heterocycles. The van der Waals surface area contributed by atoms with Crippen molar-refractivity contribution in [2.24, 2.45) is 0 Å². The molecule has 0 bridgehead atoms. The standard InChI is InChI=1S/C16H22N2OS/c1-4-18-14(9-13(3)17-18)10-15(19)11-20-16-7-5-12(2)6-8-16/h5-9,15,19H,4,10-11H2,1-3H3. The van der Waals surface area contributed by atoms with Gasteiger partial charge >= 0.3 is 0 Å². The van der Waals surface area contributed by atoms with Crippen molar-refractivity contribution in [3.63, 3.8) is 0 Å². The van der Waals surface area contributed by atoms with E-state index in [1.165, 1.54) is 10.5 Å². The molecule has 0 aliphatic rings. The van der Waals surface area contributed by atoms with Gasteiger partial charge in [0.05, 0.1) is 11.8 Å². The molecule has 0 saturated carbocycles. The molecule has 1 aromatic heterocycles. The summed E-state index contributed by atoms with van der Waals surface area (Å²) in [5.41, 5.74) is 3.39. The fraction of sp³-hybridized carbons (Fsp3) is 0.438. The van der Waals surface area contributed by atoms with Gasteiger partial charge in [0.1, 0.15) is 0 Å². The first-order chi connectivity index (χ1) is 9.58. The molecule has 3 nitrogen and oxygen atoms in total.